The average molecular weight is 376 g/mol. The van der Waals surface area contributed by atoms with Gasteiger partial charge in [0.1, 0.15) is 0 Å². The predicted octanol–water partition coefficient (Wildman–Crippen LogP) is 5.24. The molecule has 1 aliphatic heterocycles. The van der Waals surface area contributed by atoms with Crippen molar-refractivity contribution in [1.82, 2.24) is 4.41 Å². The Morgan fingerprint density at radius 3 is 2.40 bits per heavy atom. The third kappa shape index (κ3) is 4.08. The Kier molecular flexibility index (Phi) is 5.84. The molecule has 0 aromatic heterocycles. The van der Waals surface area contributed by atoms with Crippen LogP contribution in [0.5, 0.6) is 0 Å². The largest absolute Gasteiger partial charge is 0.567 e. The van der Waals surface area contributed by atoms with Crippen LogP contribution in [0.2, 0.25) is 0 Å². The Hall–Kier alpha value is -1.34. The van der Waals surface area contributed by atoms with Gasteiger partial charge >= 0.3 is 0 Å². The van der Waals surface area contributed by atoms with E-state index in [4.69, 9.17) is 0 Å². The molecular weight excluding hydrogens is 352 g/mol. The van der Waals surface area contributed by atoms with Crippen LogP contribution in [0.25, 0.3) is 5.43 Å². The van der Waals surface area contributed by atoms with Gasteiger partial charge in [0, 0.05) is 0 Å². The number of hydrogen-bond donors (Lipinski definition) is 0. The van der Waals surface area contributed by atoms with Crippen LogP contribution >= 0.6 is 11.8 Å². The minimum Gasteiger partial charge on any atom is -0.567 e. The maximum absolute atomic E-state index is 13.2. The second-order valence-corrected chi connectivity index (χ2v) is 9.26. The first-order valence-electron chi connectivity index (χ1n) is 8.54. The Balaban J connectivity index is 1.93. The number of unbranched alkanes of at least 4 members (excludes halogenated alkanes) is 1. The van der Waals surface area contributed by atoms with Gasteiger partial charge in [0.05, 0.1) is 10.3 Å². The van der Waals surface area contributed by atoms with E-state index in [1.165, 1.54) is 4.41 Å². The van der Waals surface area contributed by atoms with Crippen LogP contribution in [0.4, 0.5) is 0 Å². The van der Waals surface area contributed by atoms with Crippen molar-refractivity contribution in [2.45, 2.75) is 48.8 Å². The van der Waals surface area contributed by atoms with E-state index >= 15 is 0 Å². The van der Waals surface area contributed by atoms with Crippen LogP contribution in [0, 0.1) is 6.92 Å². The lowest BCUT2D eigenvalue weighted by Crippen LogP contribution is -2.26. The van der Waals surface area contributed by atoms with Crippen molar-refractivity contribution < 1.29 is 8.42 Å². The predicted molar refractivity (Wildman–Crippen MR) is 104 cm³/mol. The molecule has 2 unspecified atom stereocenters. The summed E-state index contributed by atoms with van der Waals surface area (Å²) in [5.74, 6) is 0. The topological polar surface area (TPSA) is 51.5 Å². The molecule has 0 bridgehead atoms. The third-order valence-corrected chi connectivity index (χ3v) is 7.36. The molecule has 1 heterocycles. The number of rotatable bonds is 6. The lowest BCUT2D eigenvalue weighted by molar-refractivity contribution is 0.469. The average Bonchev–Trinajstić information content (AvgIpc) is 3.06. The van der Waals surface area contributed by atoms with Gasteiger partial charge in [0.25, 0.3) is 0 Å². The zero-order valence-electron chi connectivity index (χ0n) is 14.5. The Bertz CT molecular complexity index is 792. The van der Waals surface area contributed by atoms with E-state index < -0.39 is 10.0 Å². The molecule has 4 nitrogen and oxygen atoms in total. The van der Waals surface area contributed by atoms with E-state index in [0.29, 0.717) is 4.90 Å². The maximum Gasteiger partial charge on any atom is 0.227 e. The first-order chi connectivity index (χ1) is 12.0. The van der Waals surface area contributed by atoms with Gasteiger partial charge < -0.3 is 5.43 Å². The lowest BCUT2D eigenvalue weighted by atomic mass is 10.2. The normalized spacial score (nSPS) is 21.5. The number of sulfonamides is 1. The molecule has 0 amide bonds. The number of thioether (sulfide) groups is 1. The van der Waals surface area contributed by atoms with Gasteiger partial charge in [-0.1, -0.05) is 79.6 Å². The van der Waals surface area contributed by atoms with E-state index in [2.05, 4.69) is 12.3 Å². The summed E-state index contributed by atoms with van der Waals surface area (Å²) >= 11 is 1.62. The highest BCUT2D eigenvalue weighted by Gasteiger charge is 2.32. The molecule has 25 heavy (non-hydrogen) atoms. The molecule has 2 aromatic carbocycles. The first-order valence-corrected chi connectivity index (χ1v) is 10.9. The van der Waals surface area contributed by atoms with E-state index in [1.807, 2.05) is 49.4 Å². The standard InChI is InChI=1S/C19H23N2O2S2/c1-3-4-10-18-20-21(19(24-18)16-8-6-5-7-9-16)25(22,23)17-13-11-15(2)12-14-17/h5-9,11-14,18-19H,3-4,10H2,1-2H3/q-1. The Morgan fingerprint density at radius 2 is 1.76 bits per heavy atom. The van der Waals surface area contributed by atoms with Gasteiger partial charge in [0.2, 0.25) is 10.0 Å². The number of hydrogen-bond acceptors (Lipinski definition) is 3. The van der Waals surface area contributed by atoms with Crippen LogP contribution < -0.4 is 0 Å². The Labute approximate surface area is 154 Å². The van der Waals surface area contributed by atoms with Crippen molar-refractivity contribution in [3.8, 4) is 0 Å². The molecular formula is C19H23N2O2S2-. The highest BCUT2D eigenvalue weighted by molar-refractivity contribution is 8.01. The van der Waals surface area contributed by atoms with E-state index in [-0.39, 0.29) is 10.7 Å². The van der Waals surface area contributed by atoms with Crippen molar-refractivity contribution in [1.29, 1.82) is 0 Å². The van der Waals surface area contributed by atoms with Gasteiger partial charge in [-0.15, -0.1) is 0 Å². The molecule has 134 valence electrons. The molecule has 1 fully saturated rings. The second kappa shape index (κ2) is 7.91. The van der Waals surface area contributed by atoms with Crippen molar-refractivity contribution in [3.63, 3.8) is 0 Å². The van der Waals surface area contributed by atoms with Crippen molar-refractivity contribution in [2.24, 2.45) is 0 Å². The maximum atomic E-state index is 13.2. The van der Waals surface area contributed by atoms with E-state index in [0.717, 1.165) is 30.4 Å². The lowest BCUT2D eigenvalue weighted by Gasteiger charge is -2.34. The van der Waals surface area contributed by atoms with Gasteiger partial charge in [0.15, 0.2) is 0 Å². The van der Waals surface area contributed by atoms with Gasteiger partial charge in [-0.2, -0.15) is 11.8 Å². The number of aryl methyl sites for hydroxylation is 1. The molecule has 0 N–H and O–H groups in total. The molecule has 3 rings (SSSR count). The molecule has 0 spiro atoms. The zero-order chi connectivity index (χ0) is 17.9. The fourth-order valence-corrected chi connectivity index (χ4v) is 5.84. The summed E-state index contributed by atoms with van der Waals surface area (Å²) in [6.07, 6.45) is 3.01. The zero-order valence-corrected chi connectivity index (χ0v) is 16.1. The fraction of sp³-hybridized carbons (Fsp3) is 0.368. The Morgan fingerprint density at radius 1 is 1.08 bits per heavy atom. The highest BCUT2D eigenvalue weighted by Crippen LogP contribution is 2.50. The van der Waals surface area contributed by atoms with Crippen molar-refractivity contribution in [2.75, 3.05) is 0 Å². The minimum absolute atomic E-state index is 0.0228. The van der Waals surface area contributed by atoms with Crippen molar-refractivity contribution >= 4 is 21.8 Å². The van der Waals surface area contributed by atoms with E-state index in [1.54, 1.807) is 23.9 Å². The van der Waals surface area contributed by atoms with Crippen molar-refractivity contribution in [3.05, 3.63) is 71.1 Å². The third-order valence-electron chi connectivity index (χ3n) is 4.18. The van der Waals surface area contributed by atoms with Crippen LogP contribution in [0.3, 0.4) is 0 Å². The van der Waals surface area contributed by atoms with Crippen LogP contribution in [-0.4, -0.2) is 18.2 Å². The van der Waals surface area contributed by atoms with Crippen LogP contribution in [-0.2, 0) is 10.0 Å². The molecule has 0 radical (unpaired) electrons. The highest BCUT2D eigenvalue weighted by atomic mass is 32.2. The summed E-state index contributed by atoms with van der Waals surface area (Å²) in [5.41, 5.74) is 6.56. The smallest absolute Gasteiger partial charge is 0.227 e. The second-order valence-electron chi connectivity index (χ2n) is 6.20. The summed E-state index contributed by atoms with van der Waals surface area (Å²) in [6, 6.07) is 16.7. The molecule has 6 heteroatoms. The molecule has 1 saturated heterocycles. The summed E-state index contributed by atoms with van der Waals surface area (Å²) in [4.78, 5) is 0.291. The number of nitrogens with zero attached hydrogens (tertiary/aromatic N) is 2. The van der Waals surface area contributed by atoms with Crippen LogP contribution in [0.1, 0.15) is 42.7 Å². The van der Waals surface area contributed by atoms with Gasteiger partial charge in [-0.3, -0.25) is 4.41 Å². The molecule has 0 aliphatic carbocycles. The molecule has 0 saturated carbocycles. The van der Waals surface area contributed by atoms with Crippen LogP contribution in [0.15, 0.2) is 59.5 Å². The van der Waals surface area contributed by atoms with Gasteiger partial charge in [-0.05, 0) is 24.6 Å². The SMILES string of the molecule is CCCCC1[N-]N(S(=O)(=O)c2ccc(C)cc2)C(c2ccccc2)S1. The molecule has 2 atom stereocenters. The summed E-state index contributed by atoms with van der Waals surface area (Å²) < 4.78 is 27.7. The molecule has 1 aliphatic rings. The summed E-state index contributed by atoms with van der Waals surface area (Å²) in [6.45, 7) is 4.08. The molecule has 2 aromatic rings. The summed E-state index contributed by atoms with van der Waals surface area (Å²) in [7, 11) is -3.66. The monoisotopic (exact) mass is 375 g/mol. The van der Waals surface area contributed by atoms with E-state index in [9.17, 15) is 8.42 Å². The first kappa shape index (κ1) is 18.5. The summed E-state index contributed by atoms with van der Waals surface area (Å²) in [5, 5.41) is -0.334. The fourth-order valence-electron chi connectivity index (χ4n) is 2.75. The quantitative estimate of drug-likeness (QED) is 0.694. The number of benzene rings is 2. The minimum atomic E-state index is -3.66. The van der Waals surface area contributed by atoms with Gasteiger partial charge in [-0.25, -0.2) is 8.42 Å².